The second-order valence-electron chi connectivity index (χ2n) is 4.77. The Bertz CT molecular complexity index is 822. The van der Waals surface area contributed by atoms with Crippen LogP contribution in [0.5, 0.6) is 0 Å². The zero-order valence-corrected chi connectivity index (χ0v) is 13.1. The topological polar surface area (TPSA) is 41.8 Å². The third kappa shape index (κ3) is 3.87. The summed E-state index contributed by atoms with van der Waals surface area (Å²) in [6.07, 6.45) is 1.66. The minimum atomic E-state index is -0.139. The Morgan fingerprint density at radius 2 is 1.48 bits per heavy atom. The van der Waals surface area contributed by atoms with E-state index < -0.39 is 0 Å². The van der Waals surface area contributed by atoms with Crippen molar-refractivity contribution in [2.75, 3.05) is 0 Å². The van der Waals surface area contributed by atoms with Gasteiger partial charge in [-0.3, -0.25) is 4.79 Å². The SMILES string of the molecule is O=C(/C(=N\N=C\c1cccs1)c1ccccc1)c1ccccc1. The number of carbonyl (C=O) groups excluding carboxylic acids is 1. The largest absolute Gasteiger partial charge is 0.287 e. The summed E-state index contributed by atoms with van der Waals surface area (Å²) >= 11 is 1.57. The lowest BCUT2D eigenvalue weighted by molar-refractivity contribution is 0.106. The van der Waals surface area contributed by atoms with E-state index in [0.29, 0.717) is 11.3 Å². The third-order valence-corrected chi connectivity index (χ3v) is 3.99. The van der Waals surface area contributed by atoms with Gasteiger partial charge < -0.3 is 0 Å². The highest BCUT2D eigenvalue weighted by Gasteiger charge is 2.15. The van der Waals surface area contributed by atoms with Gasteiger partial charge in [0.25, 0.3) is 0 Å². The van der Waals surface area contributed by atoms with Crippen molar-refractivity contribution in [3.05, 3.63) is 94.2 Å². The van der Waals surface area contributed by atoms with E-state index in [0.717, 1.165) is 10.4 Å². The fourth-order valence-electron chi connectivity index (χ4n) is 2.06. The summed E-state index contributed by atoms with van der Waals surface area (Å²) in [6, 6.07) is 22.4. The number of nitrogens with zero attached hydrogens (tertiary/aromatic N) is 2. The lowest BCUT2D eigenvalue weighted by Gasteiger charge is -2.04. The molecule has 0 radical (unpaired) electrons. The summed E-state index contributed by atoms with van der Waals surface area (Å²) in [6.45, 7) is 0. The molecule has 2 aromatic carbocycles. The average Bonchev–Trinajstić information content (AvgIpc) is 3.13. The highest BCUT2D eigenvalue weighted by Crippen LogP contribution is 2.10. The van der Waals surface area contributed by atoms with Crippen molar-refractivity contribution in [2.24, 2.45) is 10.2 Å². The highest BCUT2D eigenvalue weighted by molar-refractivity contribution is 7.11. The van der Waals surface area contributed by atoms with Gasteiger partial charge in [-0.25, -0.2) is 0 Å². The van der Waals surface area contributed by atoms with Gasteiger partial charge in [-0.1, -0.05) is 66.7 Å². The maximum atomic E-state index is 12.7. The van der Waals surface area contributed by atoms with Gasteiger partial charge in [0.05, 0.1) is 6.21 Å². The molecule has 0 spiro atoms. The molecule has 1 heterocycles. The Labute approximate surface area is 138 Å². The molecule has 0 N–H and O–H groups in total. The summed E-state index contributed by atoms with van der Waals surface area (Å²) in [4.78, 5) is 13.7. The fraction of sp³-hybridized carbons (Fsp3) is 0. The van der Waals surface area contributed by atoms with E-state index in [1.807, 2.05) is 66.0 Å². The van der Waals surface area contributed by atoms with Crippen LogP contribution in [0.3, 0.4) is 0 Å². The molecule has 4 heteroatoms. The van der Waals surface area contributed by atoms with E-state index in [2.05, 4.69) is 10.2 Å². The van der Waals surface area contributed by atoms with Gasteiger partial charge in [-0.15, -0.1) is 16.4 Å². The van der Waals surface area contributed by atoms with Crippen LogP contribution in [-0.4, -0.2) is 17.7 Å². The fourth-order valence-corrected chi connectivity index (χ4v) is 2.64. The Morgan fingerprint density at radius 3 is 2.09 bits per heavy atom. The molecule has 3 aromatic rings. The number of hydrogen-bond acceptors (Lipinski definition) is 4. The smallest absolute Gasteiger partial charge is 0.213 e. The van der Waals surface area contributed by atoms with Crippen LogP contribution >= 0.6 is 11.3 Å². The maximum absolute atomic E-state index is 12.7. The number of thiophene rings is 1. The molecule has 23 heavy (non-hydrogen) atoms. The van der Waals surface area contributed by atoms with Gasteiger partial charge in [0.15, 0.2) is 0 Å². The van der Waals surface area contributed by atoms with Gasteiger partial charge in [0.2, 0.25) is 5.78 Å². The number of rotatable bonds is 5. The molecule has 0 fully saturated rings. The second kappa shape index (κ2) is 7.42. The molecule has 0 amide bonds. The second-order valence-corrected chi connectivity index (χ2v) is 5.75. The van der Waals surface area contributed by atoms with Crippen molar-refractivity contribution >= 4 is 29.0 Å². The molecule has 0 aliphatic heterocycles. The standard InChI is InChI=1S/C19H14N2OS/c22-19(16-10-5-2-6-11-16)18(15-8-3-1-4-9-15)21-20-14-17-12-7-13-23-17/h1-14H/b20-14+,21-18-. The summed E-state index contributed by atoms with van der Waals surface area (Å²) < 4.78 is 0. The van der Waals surface area contributed by atoms with Crippen molar-refractivity contribution in [1.82, 2.24) is 0 Å². The number of Topliss-reactive ketones (excluding diaryl/α,β-unsaturated/α-hetero) is 1. The van der Waals surface area contributed by atoms with E-state index >= 15 is 0 Å². The number of benzene rings is 2. The van der Waals surface area contributed by atoms with Gasteiger partial charge >= 0.3 is 0 Å². The molecule has 0 unspecified atom stereocenters. The highest BCUT2D eigenvalue weighted by atomic mass is 32.1. The Morgan fingerprint density at radius 1 is 0.826 bits per heavy atom. The summed E-state index contributed by atoms with van der Waals surface area (Å²) in [7, 11) is 0. The molecule has 0 saturated heterocycles. The Kier molecular flexibility index (Phi) is 4.86. The van der Waals surface area contributed by atoms with E-state index in [-0.39, 0.29) is 5.78 Å². The molecule has 1 aromatic heterocycles. The number of hydrogen-bond donors (Lipinski definition) is 0. The van der Waals surface area contributed by atoms with Crippen molar-refractivity contribution < 1.29 is 4.79 Å². The van der Waals surface area contributed by atoms with E-state index in [1.54, 1.807) is 29.7 Å². The first kappa shape index (κ1) is 15.1. The normalized spacial score (nSPS) is 11.7. The number of ketones is 1. The molecular weight excluding hydrogens is 304 g/mol. The van der Waals surface area contributed by atoms with Crippen LogP contribution in [0.15, 0.2) is 88.4 Å². The van der Waals surface area contributed by atoms with Crippen molar-refractivity contribution in [1.29, 1.82) is 0 Å². The number of carbonyl (C=O) groups is 1. The van der Waals surface area contributed by atoms with Crippen molar-refractivity contribution in [3.8, 4) is 0 Å². The molecule has 3 nitrogen and oxygen atoms in total. The quantitative estimate of drug-likeness (QED) is 0.389. The molecule has 0 saturated carbocycles. The van der Waals surface area contributed by atoms with E-state index in [1.165, 1.54) is 0 Å². The molecule has 3 rings (SSSR count). The molecule has 0 bridgehead atoms. The zero-order valence-electron chi connectivity index (χ0n) is 12.3. The van der Waals surface area contributed by atoms with Crippen molar-refractivity contribution in [2.45, 2.75) is 0 Å². The van der Waals surface area contributed by atoms with Crippen LogP contribution < -0.4 is 0 Å². The predicted molar refractivity (Wildman–Crippen MR) is 95.7 cm³/mol. The molecular formula is C19H14N2OS. The third-order valence-electron chi connectivity index (χ3n) is 3.18. The van der Waals surface area contributed by atoms with E-state index in [9.17, 15) is 4.79 Å². The van der Waals surface area contributed by atoms with Crippen LogP contribution in [0.25, 0.3) is 0 Å². The molecule has 112 valence electrons. The molecule has 0 aliphatic carbocycles. The zero-order chi connectivity index (χ0) is 15.9. The Balaban J connectivity index is 1.96. The van der Waals surface area contributed by atoms with Crippen LogP contribution in [-0.2, 0) is 0 Å². The van der Waals surface area contributed by atoms with Gasteiger partial charge in [-0.2, -0.15) is 5.10 Å². The first-order chi connectivity index (χ1) is 11.3. The Hall–Kier alpha value is -2.85. The first-order valence-corrected chi connectivity index (χ1v) is 8.02. The molecule has 0 aliphatic rings. The van der Waals surface area contributed by atoms with Crippen molar-refractivity contribution in [3.63, 3.8) is 0 Å². The lowest BCUT2D eigenvalue weighted by atomic mass is 10.0. The van der Waals surface area contributed by atoms with Crippen LogP contribution in [0.2, 0.25) is 0 Å². The average molecular weight is 318 g/mol. The summed E-state index contributed by atoms with van der Waals surface area (Å²) in [5.74, 6) is -0.139. The van der Waals surface area contributed by atoms with Crippen LogP contribution in [0.1, 0.15) is 20.8 Å². The summed E-state index contributed by atoms with van der Waals surface area (Å²) in [5, 5.41) is 10.2. The van der Waals surface area contributed by atoms with Crippen LogP contribution in [0.4, 0.5) is 0 Å². The van der Waals surface area contributed by atoms with Gasteiger partial charge in [-0.05, 0) is 11.4 Å². The van der Waals surface area contributed by atoms with Gasteiger partial charge in [0.1, 0.15) is 5.71 Å². The van der Waals surface area contributed by atoms with Gasteiger partial charge in [0, 0.05) is 16.0 Å². The van der Waals surface area contributed by atoms with E-state index in [4.69, 9.17) is 0 Å². The maximum Gasteiger partial charge on any atom is 0.213 e. The summed E-state index contributed by atoms with van der Waals surface area (Å²) in [5.41, 5.74) is 1.69. The minimum absolute atomic E-state index is 0.139. The van der Waals surface area contributed by atoms with Crippen LogP contribution in [0, 0.1) is 0 Å². The monoisotopic (exact) mass is 318 g/mol. The first-order valence-electron chi connectivity index (χ1n) is 7.14. The predicted octanol–water partition coefficient (Wildman–Crippen LogP) is 4.45. The lowest BCUT2D eigenvalue weighted by Crippen LogP contribution is -2.15. The minimum Gasteiger partial charge on any atom is -0.287 e. The molecule has 0 atom stereocenters.